The predicted octanol–water partition coefficient (Wildman–Crippen LogP) is 8.34. The van der Waals surface area contributed by atoms with E-state index in [9.17, 15) is 4.79 Å². The molecule has 0 aliphatic heterocycles. The van der Waals surface area contributed by atoms with E-state index in [0.29, 0.717) is 11.6 Å². The molecule has 0 unspecified atom stereocenters. The summed E-state index contributed by atoms with van der Waals surface area (Å²) < 4.78 is 0. The van der Waals surface area contributed by atoms with E-state index in [0.717, 1.165) is 24.1 Å². The summed E-state index contributed by atoms with van der Waals surface area (Å²) in [5.41, 5.74) is 4.36. The summed E-state index contributed by atoms with van der Waals surface area (Å²) in [6.07, 6.45) is 11.9. The largest absolute Gasteiger partial charge is 0.302 e. The quantitative estimate of drug-likeness (QED) is 0.275. The van der Waals surface area contributed by atoms with Crippen molar-refractivity contribution < 1.29 is 4.79 Å². The van der Waals surface area contributed by atoms with Crippen molar-refractivity contribution in [1.82, 2.24) is 4.98 Å². The smallest absolute Gasteiger partial charge is 0.226 e. The monoisotopic (exact) mass is 434 g/mol. The van der Waals surface area contributed by atoms with E-state index in [-0.39, 0.29) is 5.91 Å². The fraction of sp³-hybridized carbons (Fsp3) is 0.407. The Bertz CT molecular complexity index is 903. The lowest BCUT2D eigenvalue weighted by atomic mass is 10.0. The molecule has 0 saturated heterocycles. The van der Waals surface area contributed by atoms with Crippen LogP contribution in [0.15, 0.2) is 60.0 Å². The fourth-order valence-corrected chi connectivity index (χ4v) is 4.44. The highest BCUT2D eigenvalue weighted by Crippen LogP contribution is 2.27. The SMILES string of the molecule is CCCCCCCCCCCC(=O)Nc1nc(-c2ccc(-c3ccccc3)cc2)cs1. The number of unbranched alkanes of at least 4 members (excludes halogenated alkanes) is 8. The van der Waals surface area contributed by atoms with E-state index in [2.05, 4.69) is 53.6 Å². The lowest BCUT2D eigenvalue weighted by molar-refractivity contribution is -0.116. The van der Waals surface area contributed by atoms with Crippen LogP contribution in [0.3, 0.4) is 0 Å². The van der Waals surface area contributed by atoms with Crippen LogP contribution in [0.5, 0.6) is 0 Å². The van der Waals surface area contributed by atoms with Gasteiger partial charge in [-0.15, -0.1) is 11.3 Å². The van der Waals surface area contributed by atoms with Gasteiger partial charge in [0.25, 0.3) is 0 Å². The topological polar surface area (TPSA) is 42.0 Å². The maximum Gasteiger partial charge on any atom is 0.226 e. The van der Waals surface area contributed by atoms with Gasteiger partial charge in [0.05, 0.1) is 5.69 Å². The third-order valence-electron chi connectivity index (χ3n) is 5.55. The molecule has 0 atom stereocenters. The van der Waals surface area contributed by atoms with Crippen LogP contribution in [0.25, 0.3) is 22.4 Å². The zero-order chi connectivity index (χ0) is 21.7. The van der Waals surface area contributed by atoms with Gasteiger partial charge in [0.15, 0.2) is 5.13 Å². The van der Waals surface area contributed by atoms with E-state index in [1.54, 1.807) is 0 Å². The molecule has 2 aromatic carbocycles. The van der Waals surface area contributed by atoms with Crippen molar-refractivity contribution in [3.05, 3.63) is 60.0 Å². The molecule has 4 heteroatoms. The Labute approximate surface area is 190 Å². The first kappa shape index (κ1) is 23.2. The number of nitrogens with one attached hydrogen (secondary N) is 1. The van der Waals surface area contributed by atoms with E-state index in [1.165, 1.54) is 67.4 Å². The number of carbonyl (C=O) groups excluding carboxylic acids is 1. The molecule has 0 aliphatic carbocycles. The number of aromatic nitrogens is 1. The Morgan fingerprint density at radius 2 is 1.35 bits per heavy atom. The summed E-state index contributed by atoms with van der Waals surface area (Å²) in [4.78, 5) is 16.8. The molecule has 0 bridgehead atoms. The van der Waals surface area contributed by atoms with Gasteiger partial charge in [0.2, 0.25) is 5.91 Å². The summed E-state index contributed by atoms with van der Waals surface area (Å²) in [7, 11) is 0. The molecule has 1 N–H and O–H groups in total. The van der Waals surface area contributed by atoms with Crippen LogP contribution in [0.1, 0.15) is 71.1 Å². The number of carbonyl (C=O) groups is 1. The first-order valence-electron chi connectivity index (χ1n) is 11.7. The number of amides is 1. The predicted molar refractivity (Wildman–Crippen MR) is 133 cm³/mol. The highest BCUT2D eigenvalue weighted by atomic mass is 32.1. The zero-order valence-electron chi connectivity index (χ0n) is 18.6. The van der Waals surface area contributed by atoms with Gasteiger partial charge in [-0.05, 0) is 17.5 Å². The number of anilines is 1. The number of rotatable bonds is 13. The average Bonchev–Trinajstić information content (AvgIpc) is 3.27. The van der Waals surface area contributed by atoms with Gasteiger partial charge in [-0.2, -0.15) is 0 Å². The van der Waals surface area contributed by atoms with Crippen molar-refractivity contribution >= 4 is 22.4 Å². The molecule has 1 aromatic heterocycles. The molecule has 1 amide bonds. The van der Waals surface area contributed by atoms with Gasteiger partial charge in [-0.1, -0.05) is 113 Å². The summed E-state index contributed by atoms with van der Waals surface area (Å²) in [6.45, 7) is 2.25. The lowest BCUT2D eigenvalue weighted by Crippen LogP contribution is -2.10. The molecule has 0 fully saturated rings. The van der Waals surface area contributed by atoms with Crippen LogP contribution >= 0.6 is 11.3 Å². The summed E-state index contributed by atoms with van der Waals surface area (Å²) >= 11 is 1.49. The maximum atomic E-state index is 12.2. The molecule has 0 radical (unpaired) electrons. The number of hydrogen-bond donors (Lipinski definition) is 1. The molecule has 3 aromatic rings. The van der Waals surface area contributed by atoms with Gasteiger partial charge < -0.3 is 5.32 Å². The molecule has 0 saturated carbocycles. The third-order valence-corrected chi connectivity index (χ3v) is 6.30. The van der Waals surface area contributed by atoms with Gasteiger partial charge in [0, 0.05) is 17.4 Å². The van der Waals surface area contributed by atoms with Crippen molar-refractivity contribution in [3.63, 3.8) is 0 Å². The van der Waals surface area contributed by atoms with Crippen LogP contribution in [-0.2, 0) is 4.79 Å². The van der Waals surface area contributed by atoms with E-state index in [1.807, 2.05) is 23.6 Å². The Morgan fingerprint density at radius 1 is 0.774 bits per heavy atom. The second-order valence-corrected chi connectivity index (χ2v) is 8.97. The molecular weight excluding hydrogens is 400 g/mol. The van der Waals surface area contributed by atoms with Crippen molar-refractivity contribution in [3.8, 4) is 22.4 Å². The fourth-order valence-electron chi connectivity index (χ4n) is 3.71. The molecule has 31 heavy (non-hydrogen) atoms. The van der Waals surface area contributed by atoms with Crippen LogP contribution < -0.4 is 5.32 Å². The normalized spacial score (nSPS) is 10.9. The Hall–Kier alpha value is -2.46. The highest BCUT2D eigenvalue weighted by Gasteiger charge is 2.08. The number of hydrogen-bond acceptors (Lipinski definition) is 3. The van der Waals surface area contributed by atoms with Gasteiger partial charge in [0.1, 0.15) is 0 Å². The number of nitrogens with zero attached hydrogens (tertiary/aromatic N) is 1. The van der Waals surface area contributed by atoms with Crippen molar-refractivity contribution in [2.24, 2.45) is 0 Å². The Morgan fingerprint density at radius 3 is 2.03 bits per heavy atom. The molecule has 3 rings (SSSR count). The zero-order valence-corrected chi connectivity index (χ0v) is 19.4. The van der Waals surface area contributed by atoms with Crippen LogP contribution in [0, 0.1) is 0 Å². The average molecular weight is 435 g/mol. The van der Waals surface area contributed by atoms with E-state index >= 15 is 0 Å². The first-order chi connectivity index (χ1) is 15.3. The molecule has 0 spiro atoms. The second kappa shape index (κ2) is 13.1. The number of benzene rings is 2. The summed E-state index contributed by atoms with van der Waals surface area (Å²) in [5, 5.41) is 5.65. The second-order valence-electron chi connectivity index (χ2n) is 8.11. The standard InChI is InChI=1S/C27H34N2OS/c1-2-3-4-5-6-7-8-9-13-16-26(30)29-27-28-25(21-31-27)24-19-17-23(18-20-24)22-14-11-10-12-15-22/h10-12,14-15,17-21H,2-9,13,16H2,1H3,(H,28,29,30). The Kier molecular flexibility index (Phi) is 9.78. The number of thiazole rings is 1. The highest BCUT2D eigenvalue weighted by molar-refractivity contribution is 7.14. The van der Waals surface area contributed by atoms with Gasteiger partial charge in [-0.25, -0.2) is 4.98 Å². The third kappa shape index (κ3) is 7.95. The molecule has 0 aliphatic rings. The van der Waals surface area contributed by atoms with E-state index in [4.69, 9.17) is 0 Å². The summed E-state index contributed by atoms with van der Waals surface area (Å²) in [6, 6.07) is 18.8. The van der Waals surface area contributed by atoms with Crippen molar-refractivity contribution in [2.45, 2.75) is 71.1 Å². The molecule has 3 nitrogen and oxygen atoms in total. The van der Waals surface area contributed by atoms with E-state index < -0.39 is 0 Å². The minimum Gasteiger partial charge on any atom is -0.302 e. The first-order valence-corrected chi connectivity index (χ1v) is 12.6. The van der Waals surface area contributed by atoms with Crippen LogP contribution in [0.2, 0.25) is 0 Å². The van der Waals surface area contributed by atoms with Gasteiger partial charge >= 0.3 is 0 Å². The van der Waals surface area contributed by atoms with Crippen LogP contribution in [0.4, 0.5) is 5.13 Å². The maximum absolute atomic E-state index is 12.2. The molecule has 164 valence electrons. The summed E-state index contributed by atoms with van der Waals surface area (Å²) in [5.74, 6) is 0.0725. The Balaban J connectivity index is 1.38. The van der Waals surface area contributed by atoms with Crippen molar-refractivity contribution in [1.29, 1.82) is 0 Å². The molecular formula is C27H34N2OS. The minimum atomic E-state index is 0.0725. The lowest BCUT2D eigenvalue weighted by Gasteiger charge is -2.04. The van der Waals surface area contributed by atoms with Crippen LogP contribution in [-0.4, -0.2) is 10.9 Å². The van der Waals surface area contributed by atoms with Crippen molar-refractivity contribution in [2.75, 3.05) is 5.32 Å². The minimum absolute atomic E-state index is 0.0725. The van der Waals surface area contributed by atoms with Gasteiger partial charge in [-0.3, -0.25) is 4.79 Å². The molecule has 1 heterocycles.